The molecule has 1 aromatic carbocycles. The normalized spacial score (nSPS) is 20.9. The van der Waals surface area contributed by atoms with Gasteiger partial charge in [-0.1, -0.05) is 24.0 Å². The minimum absolute atomic E-state index is 0.102. The second kappa shape index (κ2) is 11.0. The molecule has 34 heavy (non-hydrogen) atoms. The molecule has 0 N–H and O–H groups in total. The Balaban J connectivity index is 2.42. The molecule has 9 heteroatoms. The Morgan fingerprint density at radius 3 is 2.24 bits per heavy atom. The molecule has 1 heterocycles. The first-order valence-corrected chi connectivity index (χ1v) is 11.2. The number of hydrogen-bond acceptors (Lipinski definition) is 3. The first kappa shape index (κ1) is 28.0. The van der Waals surface area contributed by atoms with E-state index in [1.165, 1.54) is 19.2 Å². The first-order chi connectivity index (χ1) is 15.6. The number of carbonyl (C=O) groups is 1. The van der Waals surface area contributed by atoms with Gasteiger partial charge in [0.2, 0.25) is 0 Å². The van der Waals surface area contributed by atoms with Crippen LogP contribution < -0.4 is 0 Å². The summed E-state index contributed by atoms with van der Waals surface area (Å²) in [4.78, 5) is 13.7. The number of alkyl halides is 6. The van der Waals surface area contributed by atoms with Crippen molar-refractivity contribution >= 4 is 5.97 Å². The molecule has 0 bridgehead atoms. The van der Waals surface area contributed by atoms with E-state index < -0.39 is 47.8 Å². The average Bonchev–Trinajstić information content (AvgIpc) is 2.72. The van der Waals surface area contributed by atoms with Crippen LogP contribution in [0.15, 0.2) is 24.3 Å². The highest BCUT2D eigenvalue weighted by Gasteiger charge is 2.37. The van der Waals surface area contributed by atoms with Gasteiger partial charge in [0.15, 0.2) is 0 Å². The van der Waals surface area contributed by atoms with Crippen molar-refractivity contribution in [2.24, 2.45) is 11.3 Å². The predicted octanol–water partition coefficient (Wildman–Crippen LogP) is 6.78. The summed E-state index contributed by atoms with van der Waals surface area (Å²) in [5.74, 6) is 5.54. The molecule has 1 aliphatic rings. The summed E-state index contributed by atoms with van der Waals surface area (Å²) in [6, 6.07) is 3.47. The fourth-order valence-corrected chi connectivity index (χ4v) is 4.08. The van der Waals surface area contributed by atoms with Crippen LogP contribution in [0.4, 0.5) is 26.3 Å². The molecule has 2 unspecified atom stereocenters. The third-order valence-corrected chi connectivity index (χ3v) is 5.77. The maximum absolute atomic E-state index is 13.1. The SMILES string of the molecule is COC(=O)CC1CCN([C@H](C#CC(C)(C)C)CCC(F)(F)F)C(c2ccc(C(F)(F)F)cc2)C1. The quantitative estimate of drug-likeness (QED) is 0.250. The fourth-order valence-electron chi connectivity index (χ4n) is 4.08. The van der Waals surface area contributed by atoms with Crippen molar-refractivity contribution in [3.05, 3.63) is 35.4 Å². The Labute approximate surface area is 196 Å². The molecular formula is C25H31F6NO2. The van der Waals surface area contributed by atoms with Gasteiger partial charge in [-0.2, -0.15) is 26.3 Å². The second-order valence-electron chi connectivity index (χ2n) is 9.73. The largest absolute Gasteiger partial charge is 0.469 e. The molecule has 190 valence electrons. The Bertz CT molecular complexity index is 874. The number of likely N-dealkylation sites (tertiary alicyclic amines) is 1. The van der Waals surface area contributed by atoms with Crippen molar-refractivity contribution in [2.75, 3.05) is 13.7 Å². The highest BCUT2D eigenvalue weighted by Crippen LogP contribution is 2.40. The summed E-state index contributed by atoms with van der Waals surface area (Å²) in [6.07, 6.45) is -9.02. The highest BCUT2D eigenvalue weighted by atomic mass is 19.4. The number of ether oxygens (including phenoxy) is 1. The van der Waals surface area contributed by atoms with Crippen LogP contribution in [-0.2, 0) is 15.7 Å². The van der Waals surface area contributed by atoms with Crippen molar-refractivity contribution in [1.29, 1.82) is 0 Å². The van der Waals surface area contributed by atoms with Crippen molar-refractivity contribution < 1.29 is 35.9 Å². The Hall–Kier alpha value is -2.21. The summed E-state index contributed by atoms with van der Waals surface area (Å²) in [5, 5.41) is 0. The van der Waals surface area contributed by atoms with Crippen LogP contribution in [-0.4, -0.2) is 36.7 Å². The zero-order valence-electron chi connectivity index (χ0n) is 19.8. The van der Waals surface area contributed by atoms with Gasteiger partial charge >= 0.3 is 18.3 Å². The van der Waals surface area contributed by atoms with E-state index in [4.69, 9.17) is 4.74 Å². The standard InChI is InChI=1S/C25H31F6NO2/c1-23(2,3)12-9-20(10-13-24(26,27)28)32-14-11-17(16-22(33)34-4)15-21(32)18-5-7-19(8-6-18)25(29,30)31/h5-8,17,20-21H,10-11,13-16H2,1-4H3/t17?,20-,21?/m1/s1. The molecule has 0 spiro atoms. The summed E-state index contributed by atoms with van der Waals surface area (Å²) in [5.41, 5.74) is -0.674. The summed E-state index contributed by atoms with van der Waals surface area (Å²) in [7, 11) is 1.28. The highest BCUT2D eigenvalue weighted by molar-refractivity contribution is 5.69. The molecular weight excluding hydrogens is 460 g/mol. The maximum atomic E-state index is 13.1. The summed E-state index contributed by atoms with van der Waals surface area (Å²) in [6.45, 7) is 5.94. The number of nitrogens with zero attached hydrogens (tertiary/aromatic N) is 1. The number of halogens is 6. The Kier molecular flexibility index (Phi) is 9.09. The number of benzene rings is 1. The lowest BCUT2D eigenvalue weighted by atomic mass is 9.83. The zero-order valence-corrected chi connectivity index (χ0v) is 19.8. The van der Waals surface area contributed by atoms with E-state index in [1.807, 2.05) is 25.7 Å². The van der Waals surface area contributed by atoms with Crippen LogP contribution in [0.1, 0.15) is 70.0 Å². The lowest BCUT2D eigenvalue weighted by molar-refractivity contribution is -0.143. The third kappa shape index (κ3) is 8.86. The molecule has 0 radical (unpaired) electrons. The van der Waals surface area contributed by atoms with Gasteiger partial charge in [0.1, 0.15) is 0 Å². The first-order valence-electron chi connectivity index (χ1n) is 11.2. The molecule has 1 aliphatic heterocycles. The molecule has 0 aromatic heterocycles. The third-order valence-electron chi connectivity index (χ3n) is 5.77. The van der Waals surface area contributed by atoms with Gasteiger partial charge in [-0.3, -0.25) is 9.69 Å². The molecule has 0 saturated carbocycles. The topological polar surface area (TPSA) is 29.5 Å². The predicted molar refractivity (Wildman–Crippen MR) is 117 cm³/mol. The zero-order chi connectivity index (χ0) is 25.7. The lowest BCUT2D eigenvalue weighted by Gasteiger charge is -2.43. The second-order valence-corrected chi connectivity index (χ2v) is 9.73. The van der Waals surface area contributed by atoms with Gasteiger partial charge in [0.25, 0.3) is 0 Å². The van der Waals surface area contributed by atoms with Gasteiger partial charge < -0.3 is 4.74 Å². The van der Waals surface area contributed by atoms with Crippen molar-refractivity contribution in [3.8, 4) is 11.8 Å². The minimum Gasteiger partial charge on any atom is -0.469 e. The average molecular weight is 492 g/mol. The lowest BCUT2D eigenvalue weighted by Crippen LogP contribution is -2.44. The fraction of sp³-hybridized carbons (Fsp3) is 0.640. The minimum atomic E-state index is -4.49. The number of carbonyl (C=O) groups excluding carboxylic acids is 1. The number of rotatable bonds is 6. The molecule has 2 rings (SSSR count). The van der Waals surface area contributed by atoms with Crippen LogP contribution in [0.3, 0.4) is 0 Å². The molecule has 1 saturated heterocycles. The van der Waals surface area contributed by atoms with E-state index in [2.05, 4.69) is 11.8 Å². The maximum Gasteiger partial charge on any atom is 0.416 e. The molecule has 0 amide bonds. The molecule has 3 nitrogen and oxygen atoms in total. The number of hydrogen-bond donors (Lipinski definition) is 0. The molecule has 1 aromatic rings. The molecule has 0 aliphatic carbocycles. The van der Waals surface area contributed by atoms with Crippen LogP contribution in [0.2, 0.25) is 0 Å². The number of esters is 1. The summed E-state index contributed by atoms with van der Waals surface area (Å²) >= 11 is 0. The van der Waals surface area contributed by atoms with Gasteiger partial charge in [0, 0.05) is 30.8 Å². The smallest absolute Gasteiger partial charge is 0.416 e. The van der Waals surface area contributed by atoms with Crippen molar-refractivity contribution in [2.45, 2.75) is 77.3 Å². The van der Waals surface area contributed by atoms with Gasteiger partial charge in [-0.25, -0.2) is 0 Å². The molecule has 3 atom stereocenters. The van der Waals surface area contributed by atoms with E-state index >= 15 is 0 Å². The van der Waals surface area contributed by atoms with Gasteiger partial charge in [-0.05, 0) is 63.6 Å². The number of methoxy groups -OCH3 is 1. The van der Waals surface area contributed by atoms with Crippen LogP contribution in [0.25, 0.3) is 0 Å². The van der Waals surface area contributed by atoms with E-state index in [1.54, 1.807) is 0 Å². The van der Waals surface area contributed by atoms with E-state index in [9.17, 15) is 31.1 Å². The van der Waals surface area contributed by atoms with Crippen LogP contribution in [0, 0.1) is 23.2 Å². The van der Waals surface area contributed by atoms with Crippen molar-refractivity contribution in [1.82, 2.24) is 4.90 Å². The monoisotopic (exact) mass is 491 g/mol. The van der Waals surface area contributed by atoms with Crippen LogP contribution >= 0.6 is 0 Å². The van der Waals surface area contributed by atoms with E-state index in [0.717, 1.165) is 12.1 Å². The van der Waals surface area contributed by atoms with E-state index in [0.29, 0.717) is 24.9 Å². The molecule has 1 fully saturated rings. The van der Waals surface area contributed by atoms with Crippen LogP contribution in [0.5, 0.6) is 0 Å². The van der Waals surface area contributed by atoms with Gasteiger partial charge in [-0.15, -0.1) is 0 Å². The van der Waals surface area contributed by atoms with E-state index in [-0.39, 0.29) is 18.8 Å². The summed E-state index contributed by atoms with van der Waals surface area (Å²) < 4.78 is 83.1. The van der Waals surface area contributed by atoms with Gasteiger partial charge in [0.05, 0.1) is 18.7 Å². The van der Waals surface area contributed by atoms with Crippen molar-refractivity contribution in [3.63, 3.8) is 0 Å². The number of piperidine rings is 1. The Morgan fingerprint density at radius 2 is 1.74 bits per heavy atom. The Morgan fingerprint density at radius 1 is 1.12 bits per heavy atom.